The SMILES string of the molecule is Cc1ccc(C(=O)NC(C)(CBr)CBr)cc1O. The Bertz CT molecular complexity index is 417. The molecule has 5 heteroatoms. The lowest BCUT2D eigenvalue weighted by Crippen LogP contribution is -2.48. The normalized spacial score (nSPS) is 11.3. The predicted octanol–water partition coefficient (Wildman–Crippen LogP) is 2.98. The third-order valence-electron chi connectivity index (χ3n) is 2.48. The van der Waals surface area contributed by atoms with E-state index in [-0.39, 0.29) is 17.2 Å². The Kier molecular flexibility index (Phi) is 5.01. The first kappa shape index (κ1) is 14.5. The Morgan fingerprint density at radius 3 is 2.47 bits per heavy atom. The fourth-order valence-electron chi connectivity index (χ4n) is 1.20. The van der Waals surface area contributed by atoms with Crippen LogP contribution >= 0.6 is 31.9 Å². The molecule has 1 rings (SSSR count). The molecular weight excluding hydrogens is 350 g/mol. The van der Waals surface area contributed by atoms with Crippen molar-refractivity contribution in [2.75, 3.05) is 10.7 Å². The Morgan fingerprint density at radius 1 is 1.41 bits per heavy atom. The molecule has 0 aromatic heterocycles. The third-order valence-corrected chi connectivity index (χ3v) is 4.95. The van der Waals surface area contributed by atoms with Gasteiger partial charge < -0.3 is 10.4 Å². The molecule has 0 saturated carbocycles. The Balaban J connectivity index is 2.86. The monoisotopic (exact) mass is 363 g/mol. The molecule has 1 amide bonds. The first-order valence-electron chi connectivity index (χ1n) is 5.16. The van der Waals surface area contributed by atoms with Gasteiger partial charge in [-0.2, -0.15) is 0 Å². The molecule has 94 valence electrons. The number of amides is 1. The number of phenols is 1. The van der Waals surface area contributed by atoms with E-state index in [1.165, 1.54) is 6.07 Å². The van der Waals surface area contributed by atoms with Crippen LogP contribution < -0.4 is 5.32 Å². The standard InChI is InChI=1S/C12H15Br2NO2/c1-8-3-4-9(5-10(8)16)11(17)15-12(2,6-13)7-14/h3-5,16H,6-7H2,1-2H3,(H,15,17). The van der Waals surface area contributed by atoms with Crippen LogP contribution in [0.25, 0.3) is 0 Å². The molecule has 17 heavy (non-hydrogen) atoms. The van der Waals surface area contributed by atoms with E-state index in [0.29, 0.717) is 16.2 Å². The van der Waals surface area contributed by atoms with Gasteiger partial charge in [-0.05, 0) is 31.5 Å². The molecular formula is C12H15Br2NO2. The fraction of sp³-hybridized carbons (Fsp3) is 0.417. The number of nitrogens with one attached hydrogen (secondary N) is 1. The average molecular weight is 365 g/mol. The quantitative estimate of drug-likeness (QED) is 0.807. The number of hydrogen-bond donors (Lipinski definition) is 2. The molecule has 0 bridgehead atoms. The molecule has 2 N–H and O–H groups in total. The Hall–Kier alpha value is -0.550. The first-order chi connectivity index (χ1) is 7.91. The molecule has 1 aromatic rings. The van der Waals surface area contributed by atoms with E-state index in [4.69, 9.17) is 0 Å². The number of phenolic OH excluding ortho intramolecular Hbond substituents is 1. The highest BCUT2D eigenvalue weighted by atomic mass is 79.9. The molecule has 1 aromatic carbocycles. The van der Waals surface area contributed by atoms with Crippen molar-refractivity contribution in [3.63, 3.8) is 0 Å². The van der Waals surface area contributed by atoms with Crippen molar-refractivity contribution in [2.24, 2.45) is 0 Å². The topological polar surface area (TPSA) is 49.3 Å². The molecule has 0 aliphatic carbocycles. The van der Waals surface area contributed by atoms with Gasteiger partial charge in [0.2, 0.25) is 0 Å². The number of alkyl halides is 2. The number of benzene rings is 1. The minimum absolute atomic E-state index is 0.136. The van der Waals surface area contributed by atoms with E-state index in [2.05, 4.69) is 37.2 Å². The van der Waals surface area contributed by atoms with Crippen LogP contribution in [0.2, 0.25) is 0 Å². The molecule has 0 atom stereocenters. The van der Waals surface area contributed by atoms with E-state index in [1.807, 2.05) is 6.92 Å². The van der Waals surface area contributed by atoms with Crippen LogP contribution in [-0.2, 0) is 0 Å². The number of aryl methyl sites for hydroxylation is 1. The number of carbonyl (C=O) groups excluding carboxylic acids is 1. The van der Waals surface area contributed by atoms with Crippen molar-refractivity contribution < 1.29 is 9.90 Å². The smallest absolute Gasteiger partial charge is 0.251 e. The van der Waals surface area contributed by atoms with Crippen LogP contribution in [0.3, 0.4) is 0 Å². The van der Waals surface area contributed by atoms with Crippen molar-refractivity contribution >= 4 is 37.8 Å². The summed E-state index contributed by atoms with van der Waals surface area (Å²) in [6, 6.07) is 4.91. The van der Waals surface area contributed by atoms with Gasteiger partial charge in [-0.1, -0.05) is 37.9 Å². The van der Waals surface area contributed by atoms with Gasteiger partial charge in [-0.3, -0.25) is 4.79 Å². The van der Waals surface area contributed by atoms with Crippen LogP contribution in [0.4, 0.5) is 0 Å². The average Bonchev–Trinajstić information content (AvgIpc) is 2.32. The van der Waals surface area contributed by atoms with Gasteiger partial charge in [0.05, 0.1) is 5.54 Å². The molecule has 0 aliphatic rings. The van der Waals surface area contributed by atoms with Crippen LogP contribution in [-0.4, -0.2) is 27.2 Å². The van der Waals surface area contributed by atoms with E-state index in [0.717, 1.165) is 5.56 Å². The summed E-state index contributed by atoms with van der Waals surface area (Å²) in [5.41, 5.74) is 0.865. The maximum atomic E-state index is 12.0. The second-order valence-corrected chi connectivity index (χ2v) is 5.40. The second-order valence-electron chi connectivity index (χ2n) is 4.28. The molecule has 0 heterocycles. The number of hydrogen-bond acceptors (Lipinski definition) is 2. The number of rotatable bonds is 4. The highest BCUT2D eigenvalue weighted by Gasteiger charge is 2.24. The molecule has 3 nitrogen and oxygen atoms in total. The van der Waals surface area contributed by atoms with E-state index in [9.17, 15) is 9.90 Å². The van der Waals surface area contributed by atoms with Crippen LogP contribution in [0, 0.1) is 6.92 Å². The van der Waals surface area contributed by atoms with Crippen LogP contribution in [0.1, 0.15) is 22.8 Å². The summed E-state index contributed by atoms with van der Waals surface area (Å²) in [6.45, 7) is 3.72. The van der Waals surface area contributed by atoms with Crippen molar-refractivity contribution in [3.8, 4) is 5.75 Å². The van der Waals surface area contributed by atoms with Gasteiger partial charge in [-0.25, -0.2) is 0 Å². The minimum atomic E-state index is -0.350. The lowest BCUT2D eigenvalue weighted by atomic mass is 10.1. The van der Waals surface area contributed by atoms with Gasteiger partial charge >= 0.3 is 0 Å². The summed E-state index contributed by atoms with van der Waals surface area (Å²) in [5.74, 6) is -0.0567. The molecule has 0 fully saturated rings. The summed E-state index contributed by atoms with van der Waals surface area (Å²) in [7, 11) is 0. The van der Waals surface area contributed by atoms with Gasteiger partial charge in [0.15, 0.2) is 0 Å². The lowest BCUT2D eigenvalue weighted by Gasteiger charge is -2.26. The van der Waals surface area contributed by atoms with Crippen molar-refractivity contribution in [1.29, 1.82) is 0 Å². The fourth-order valence-corrected chi connectivity index (χ4v) is 2.41. The number of aromatic hydroxyl groups is 1. The summed E-state index contributed by atoms with van der Waals surface area (Å²) in [6.07, 6.45) is 0. The summed E-state index contributed by atoms with van der Waals surface area (Å²) in [4.78, 5) is 12.0. The first-order valence-corrected chi connectivity index (χ1v) is 7.40. The summed E-state index contributed by atoms with van der Waals surface area (Å²) >= 11 is 6.73. The molecule has 0 unspecified atom stereocenters. The van der Waals surface area contributed by atoms with E-state index < -0.39 is 0 Å². The van der Waals surface area contributed by atoms with Gasteiger partial charge in [0.1, 0.15) is 5.75 Å². The van der Waals surface area contributed by atoms with Crippen molar-refractivity contribution in [3.05, 3.63) is 29.3 Å². The lowest BCUT2D eigenvalue weighted by molar-refractivity contribution is 0.0922. The zero-order chi connectivity index (χ0) is 13.1. The zero-order valence-corrected chi connectivity index (χ0v) is 12.9. The Morgan fingerprint density at radius 2 is 2.00 bits per heavy atom. The predicted molar refractivity (Wildman–Crippen MR) is 76.3 cm³/mol. The molecule has 0 radical (unpaired) electrons. The summed E-state index contributed by atoms with van der Waals surface area (Å²) < 4.78 is 0. The van der Waals surface area contributed by atoms with Crippen LogP contribution in [0.15, 0.2) is 18.2 Å². The van der Waals surface area contributed by atoms with Crippen molar-refractivity contribution in [1.82, 2.24) is 5.32 Å². The number of halogens is 2. The van der Waals surface area contributed by atoms with Crippen molar-refractivity contribution in [2.45, 2.75) is 19.4 Å². The zero-order valence-electron chi connectivity index (χ0n) is 9.76. The minimum Gasteiger partial charge on any atom is -0.508 e. The van der Waals surface area contributed by atoms with Crippen LogP contribution in [0.5, 0.6) is 5.75 Å². The molecule has 0 aliphatic heterocycles. The number of carbonyl (C=O) groups is 1. The Labute approximate surface area is 118 Å². The summed E-state index contributed by atoms with van der Waals surface area (Å²) in [5, 5.41) is 13.8. The second kappa shape index (κ2) is 5.87. The van der Waals surface area contributed by atoms with Gasteiger partial charge in [-0.15, -0.1) is 0 Å². The van der Waals surface area contributed by atoms with Gasteiger partial charge in [0.25, 0.3) is 5.91 Å². The third kappa shape index (κ3) is 3.71. The molecule has 0 spiro atoms. The molecule has 0 saturated heterocycles. The van der Waals surface area contributed by atoms with Gasteiger partial charge in [0, 0.05) is 16.2 Å². The van der Waals surface area contributed by atoms with E-state index >= 15 is 0 Å². The van der Waals surface area contributed by atoms with E-state index in [1.54, 1.807) is 19.1 Å². The largest absolute Gasteiger partial charge is 0.508 e. The highest BCUT2D eigenvalue weighted by molar-refractivity contribution is 9.09. The highest BCUT2D eigenvalue weighted by Crippen LogP contribution is 2.19. The maximum Gasteiger partial charge on any atom is 0.251 e. The maximum absolute atomic E-state index is 12.0.